The van der Waals surface area contributed by atoms with Crippen LogP contribution in [0.25, 0.3) is 0 Å². The molecule has 0 unspecified atom stereocenters. The average Bonchev–Trinajstić information content (AvgIpc) is 3.11. The Kier molecular flexibility index (Phi) is 6.17. The van der Waals surface area contributed by atoms with Crippen molar-refractivity contribution in [1.82, 2.24) is 4.90 Å². The van der Waals surface area contributed by atoms with Crippen LogP contribution in [0, 0.1) is 0 Å². The Hall–Kier alpha value is -2.29. The highest BCUT2D eigenvalue weighted by Gasteiger charge is 2.38. The van der Waals surface area contributed by atoms with E-state index < -0.39 is 22.4 Å². The molecule has 0 spiro atoms. The number of sulfone groups is 1. The molecular formula is C21H27NO7S. The molecule has 1 aromatic carbocycles. The van der Waals surface area contributed by atoms with Gasteiger partial charge in [-0.15, -0.1) is 0 Å². The molecule has 4 rings (SSSR count). The quantitative estimate of drug-likeness (QED) is 0.649. The molecule has 1 aliphatic carbocycles. The summed E-state index contributed by atoms with van der Waals surface area (Å²) in [5.41, 5.74) is 0.278. The van der Waals surface area contributed by atoms with Crippen molar-refractivity contribution in [2.75, 3.05) is 31.3 Å². The van der Waals surface area contributed by atoms with Crippen LogP contribution in [0.2, 0.25) is 0 Å². The minimum Gasteiger partial charge on any atom is -0.486 e. The number of rotatable bonds is 5. The van der Waals surface area contributed by atoms with Gasteiger partial charge in [0.25, 0.3) is 5.91 Å². The first kappa shape index (κ1) is 21.0. The van der Waals surface area contributed by atoms with E-state index in [0.717, 1.165) is 32.1 Å². The summed E-state index contributed by atoms with van der Waals surface area (Å²) in [6, 6.07) is 4.44. The zero-order valence-electron chi connectivity index (χ0n) is 16.9. The van der Waals surface area contributed by atoms with E-state index in [1.54, 1.807) is 23.1 Å². The zero-order valence-corrected chi connectivity index (χ0v) is 17.7. The molecule has 1 aromatic rings. The average molecular weight is 438 g/mol. The number of hydrogen-bond donors (Lipinski definition) is 0. The van der Waals surface area contributed by atoms with E-state index in [0.29, 0.717) is 31.1 Å². The lowest BCUT2D eigenvalue weighted by molar-refractivity contribution is -0.140. The Morgan fingerprint density at radius 2 is 1.73 bits per heavy atom. The number of carbonyl (C=O) groups is 2. The van der Waals surface area contributed by atoms with Crippen molar-refractivity contribution in [2.45, 2.75) is 50.6 Å². The number of ether oxygens (including phenoxy) is 3. The van der Waals surface area contributed by atoms with Crippen LogP contribution < -0.4 is 9.47 Å². The highest BCUT2D eigenvalue weighted by Crippen LogP contribution is 2.31. The third-order valence-corrected chi connectivity index (χ3v) is 7.71. The van der Waals surface area contributed by atoms with Gasteiger partial charge in [0, 0.05) is 12.1 Å². The summed E-state index contributed by atoms with van der Waals surface area (Å²) in [5, 5.41) is 0. The van der Waals surface area contributed by atoms with Crippen molar-refractivity contribution >= 4 is 21.7 Å². The first-order valence-corrected chi connectivity index (χ1v) is 12.3. The lowest BCUT2D eigenvalue weighted by Gasteiger charge is -2.38. The maximum atomic E-state index is 13.0. The Labute approximate surface area is 176 Å². The molecule has 1 saturated heterocycles. The van der Waals surface area contributed by atoms with E-state index in [1.807, 2.05) is 0 Å². The number of amides is 1. The van der Waals surface area contributed by atoms with Crippen LogP contribution in [-0.4, -0.2) is 68.6 Å². The lowest BCUT2D eigenvalue weighted by atomic mass is 9.93. The second-order valence-electron chi connectivity index (χ2n) is 8.08. The molecule has 1 atom stereocenters. The van der Waals surface area contributed by atoms with E-state index in [1.165, 1.54) is 0 Å². The predicted octanol–water partition coefficient (Wildman–Crippen LogP) is 1.96. The molecule has 0 N–H and O–H groups in total. The summed E-state index contributed by atoms with van der Waals surface area (Å²) < 4.78 is 40.2. The van der Waals surface area contributed by atoms with Crippen molar-refractivity contribution in [3.05, 3.63) is 23.8 Å². The number of nitrogens with zero attached hydrogens (tertiary/aromatic N) is 1. The Bertz CT molecular complexity index is 908. The summed E-state index contributed by atoms with van der Waals surface area (Å²) >= 11 is 0. The molecular weight excluding hydrogens is 410 g/mol. The number of fused-ring (bicyclic) bond motifs is 1. The van der Waals surface area contributed by atoms with Crippen molar-refractivity contribution < 1.29 is 32.2 Å². The first-order valence-electron chi connectivity index (χ1n) is 10.5. The second-order valence-corrected chi connectivity index (χ2v) is 10.3. The molecule has 2 aliphatic heterocycles. The summed E-state index contributed by atoms with van der Waals surface area (Å²) in [6.07, 6.45) is 5.33. The van der Waals surface area contributed by atoms with E-state index in [2.05, 4.69) is 0 Å². The molecule has 30 heavy (non-hydrogen) atoms. The van der Waals surface area contributed by atoms with Crippen molar-refractivity contribution in [3.8, 4) is 11.5 Å². The minimum atomic E-state index is -3.12. The van der Waals surface area contributed by atoms with Crippen LogP contribution in [0.4, 0.5) is 0 Å². The van der Waals surface area contributed by atoms with Gasteiger partial charge in [-0.2, -0.15) is 0 Å². The molecule has 2 heterocycles. The zero-order chi connectivity index (χ0) is 21.1. The smallest absolute Gasteiger partial charge is 0.338 e. The Balaban J connectivity index is 1.42. The van der Waals surface area contributed by atoms with Crippen molar-refractivity contribution in [2.24, 2.45) is 0 Å². The Morgan fingerprint density at radius 3 is 2.43 bits per heavy atom. The lowest BCUT2D eigenvalue weighted by Crippen LogP contribution is -2.50. The summed E-state index contributed by atoms with van der Waals surface area (Å²) in [4.78, 5) is 27.2. The second kappa shape index (κ2) is 8.83. The molecule has 1 amide bonds. The molecule has 2 fully saturated rings. The molecule has 9 heteroatoms. The first-order chi connectivity index (χ1) is 14.4. The number of carbonyl (C=O) groups excluding carboxylic acids is 2. The third kappa shape index (κ3) is 4.71. The van der Waals surface area contributed by atoms with Gasteiger partial charge in [0.05, 0.1) is 17.1 Å². The molecule has 8 nitrogen and oxygen atoms in total. The predicted molar refractivity (Wildman–Crippen MR) is 108 cm³/mol. The SMILES string of the molecule is O=C(OCC(=O)N(C1CCCCC1)[C@H]1CCS(=O)(=O)C1)c1ccc2c(c1)OCCO2. The molecule has 164 valence electrons. The van der Waals surface area contributed by atoms with Gasteiger partial charge in [0.2, 0.25) is 0 Å². The number of benzene rings is 1. The maximum Gasteiger partial charge on any atom is 0.338 e. The minimum absolute atomic E-state index is 0.00858. The molecule has 0 bridgehead atoms. The van der Waals surface area contributed by atoms with Crippen LogP contribution in [0.1, 0.15) is 48.9 Å². The van der Waals surface area contributed by atoms with Gasteiger partial charge in [0.1, 0.15) is 13.2 Å². The Morgan fingerprint density at radius 1 is 1.00 bits per heavy atom. The van der Waals surface area contributed by atoms with Gasteiger partial charge in [0.15, 0.2) is 27.9 Å². The molecule has 0 aromatic heterocycles. The van der Waals surface area contributed by atoms with Crippen LogP contribution >= 0.6 is 0 Å². The summed E-state index contributed by atoms with van der Waals surface area (Å²) in [5.74, 6) is 0.191. The van der Waals surface area contributed by atoms with E-state index in [9.17, 15) is 18.0 Å². The van der Waals surface area contributed by atoms with Gasteiger partial charge in [-0.05, 0) is 37.5 Å². The van der Waals surface area contributed by atoms with Crippen LogP contribution in [-0.2, 0) is 19.4 Å². The van der Waals surface area contributed by atoms with Crippen LogP contribution in [0.5, 0.6) is 11.5 Å². The van der Waals surface area contributed by atoms with Gasteiger partial charge in [-0.3, -0.25) is 4.79 Å². The molecule has 1 saturated carbocycles. The van der Waals surface area contributed by atoms with Crippen molar-refractivity contribution in [1.29, 1.82) is 0 Å². The number of esters is 1. The van der Waals surface area contributed by atoms with Crippen LogP contribution in [0.15, 0.2) is 18.2 Å². The summed E-state index contributed by atoms with van der Waals surface area (Å²) in [7, 11) is -3.12. The van der Waals surface area contributed by atoms with E-state index in [4.69, 9.17) is 14.2 Å². The van der Waals surface area contributed by atoms with Gasteiger partial charge >= 0.3 is 5.97 Å². The largest absolute Gasteiger partial charge is 0.486 e. The fourth-order valence-corrected chi connectivity index (χ4v) is 6.23. The number of hydrogen-bond acceptors (Lipinski definition) is 7. The van der Waals surface area contributed by atoms with Gasteiger partial charge in [-0.1, -0.05) is 19.3 Å². The molecule has 0 radical (unpaired) electrons. The fraction of sp³-hybridized carbons (Fsp3) is 0.619. The van der Waals surface area contributed by atoms with Gasteiger partial charge in [-0.25, -0.2) is 13.2 Å². The van der Waals surface area contributed by atoms with Crippen molar-refractivity contribution in [3.63, 3.8) is 0 Å². The summed E-state index contributed by atoms with van der Waals surface area (Å²) in [6.45, 7) is 0.462. The van der Waals surface area contributed by atoms with E-state index in [-0.39, 0.29) is 35.1 Å². The third-order valence-electron chi connectivity index (χ3n) is 5.96. The standard InChI is InChI=1S/C21H27NO7S/c23-20(13-29-21(24)15-6-7-18-19(12-15)28-10-9-27-18)22(16-4-2-1-3-5-16)17-8-11-30(25,26)14-17/h6-7,12,16-17H,1-5,8-11,13-14H2/t17-/m0/s1. The topological polar surface area (TPSA) is 99.2 Å². The van der Waals surface area contributed by atoms with Crippen LogP contribution in [0.3, 0.4) is 0 Å². The normalized spacial score (nSPS) is 23.0. The molecule has 3 aliphatic rings. The van der Waals surface area contributed by atoms with E-state index >= 15 is 0 Å². The fourth-order valence-electron chi connectivity index (χ4n) is 4.51. The monoisotopic (exact) mass is 437 g/mol. The highest BCUT2D eigenvalue weighted by molar-refractivity contribution is 7.91. The highest BCUT2D eigenvalue weighted by atomic mass is 32.2. The van der Waals surface area contributed by atoms with Gasteiger partial charge < -0.3 is 19.1 Å². The maximum absolute atomic E-state index is 13.0.